The van der Waals surface area contributed by atoms with E-state index in [9.17, 15) is 0 Å². The summed E-state index contributed by atoms with van der Waals surface area (Å²) in [6, 6.07) is 0. The van der Waals surface area contributed by atoms with Crippen molar-refractivity contribution in [1.29, 1.82) is 0 Å². The lowest BCUT2D eigenvalue weighted by Gasteiger charge is -2.15. The average Bonchev–Trinajstić information content (AvgIpc) is 2.35. The molecule has 16 heavy (non-hydrogen) atoms. The van der Waals surface area contributed by atoms with Crippen molar-refractivity contribution in [2.24, 2.45) is 5.92 Å². The number of hydrogen-bond donors (Lipinski definition) is 0. The van der Waals surface area contributed by atoms with Gasteiger partial charge in [0.1, 0.15) is 0 Å². The first-order chi connectivity index (χ1) is 7.81. The smallest absolute Gasteiger partial charge is 0.0138 e. The van der Waals surface area contributed by atoms with Gasteiger partial charge in [-0.05, 0) is 43.1 Å². The number of thioether (sulfide) groups is 1. The molecule has 0 saturated heterocycles. The van der Waals surface area contributed by atoms with Crippen LogP contribution in [0.15, 0.2) is 46.9 Å². The molecule has 0 aromatic rings. The molecule has 1 unspecified atom stereocenters. The summed E-state index contributed by atoms with van der Waals surface area (Å²) in [6.45, 7) is 4.41. The van der Waals surface area contributed by atoms with Crippen LogP contribution in [0, 0.1) is 5.92 Å². The van der Waals surface area contributed by atoms with Gasteiger partial charge >= 0.3 is 0 Å². The van der Waals surface area contributed by atoms with Gasteiger partial charge < -0.3 is 0 Å². The third-order valence-electron chi connectivity index (χ3n) is 2.84. The lowest BCUT2D eigenvalue weighted by Crippen LogP contribution is -1.98. The third kappa shape index (κ3) is 4.05. The Hall–Kier alpha value is -0.690. The molecule has 0 saturated carbocycles. The van der Waals surface area contributed by atoms with E-state index < -0.39 is 0 Å². The van der Waals surface area contributed by atoms with E-state index in [0.717, 1.165) is 12.3 Å². The largest absolute Gasteiger partial charge is 0.129 e. The minimum absolute atomic E-state index is 0.748. The molecule has 1 aliphatic carbocycles. The highest BCUT2D eigenvalue weighted by Gasteiger charge is 2.08. The van der Waals surface area contributed by atoms with Crippen LogP contribution in [-0.2, 0) is 0 Å². The molecule has 0 radical (unpaired) electrons. The van der Waals surface area contributed by atoms with Crippen LogP contribution in [0.2, 0.25) is 0 Å². The molecule has 1 atom stereocenters. The molecule has 0 fully saturated rings. The van der Waals surface area contributed by atoms with Gasteiger partial charge in [-0.3, -0.25) is 0 Å². The van der Waals surface area contributed by atoms with Crippen molar-refractivity contribution >= 4 is 11.8 Å². The van der Waals surface area contributed by atoms with Gasteiger partial charge in [0, 0.05) is 4.91 Å². The number of rotatable bonds is 5. The molecule has 0 N–H and O–H groups in total. The Morgan fingerprint density at radius 3 is 2.81 bits per heavy atom. The van der Waals surface area contributed by atoms with E-state index in [0.29, 0.717) is 0 Å². The monoisotopic (exact) mass is 234 g/mol. The van der Waals surface area contributed by atoms with E-state index in [4.69, 9.17) is 0 Å². The second-order valence-corrected chi connectivity index (χ2v) is 4.84. The van der Waals surface area contributed by atoms with Crippen molar-refractivity contribution in [3.8, 4) is 0 Å². The quantitative estimate of drug-likeness (QED) is 0.595. The summed E-state index contributed by atoms with van der Waals surface area (Å²) in [6.07, 6.45) is 19.3. The van der Waals surface area contributed by atoms with Crippen LogP contribution in [0.3, 0.4) is 0 Å². The molecule has 0 bridgehead atoms. The SMILES string of the molecule is CC/C=C/C=C(\SC)C1=CCC(CC)C=C1. The molecule has 1 heteroatoms. The van der Waals surface area contributed by atoms with E-state index in [1.165, 1.54) is 23.3 Å². The Balaban J connectivity index is 2.69. The molecule has 1 aliphatic rings. The fourth-order valence-corrected chi connectivity index (χ4v) is 2.33. The molecule has 1 rings (SSSR count). The Bertz CT molecular complexity index is 318. The molecule has 0 nitrogen and oxygen atoms in total. The highest BCUT2D eigenvalue weighted by molar-refractivity contribution is 8.02. The van der Waals surface area contributed by atoms with Crippen molar-refractivity contribution in [3.05, 3.63) is 46.9 Å². The summed E-state index contributed by atoms with van der Waals surface area (Å²) in [5.41, 5.74) is 1.39. The molecular formula is C15H22S. The van der Waals surface area contributed by atoms with Crippen LogP contribution in [-0.4, -0.2) is 6.26 Å². The number of allylic oxidation sites excluding steroid dienone is 7. The third-order valence-corrected chi connectivity index (χ3v) is 3.65. The fraction of sp³-hybridized carbons (Fsp3) is 0.467. The van der Waals surface area contributed by atoms with Crippen molar-refractivity contribution in [2.75, 3.05) is 6.26 Å². The maximum Gasteiger partial charge on any atom is 0.0138 e. The predicted octanol–water partition coefficient (Wildman–Crippen LogP) is 5.11. The van der Waals surface area contributed by atoms with Gasteiger partial charge in [0.05, 0.1) is 0 Å². The molecule has 0 spiro atoms. The Kier molecular flexibility index (Phi) is 6.32. The topological polar surface area (TPSA) is 0 Å². The second-order valence-electron chi connectivity index (χ2n) is 3.99. The van der Waals surface area contributed by atoms with Crippen molar-refractivity contribution < 1.29 is 0 Å². The van der Waals surface area contributed by atoms with E-state index in [1.54, 1.807) is 0 Å². The Morgan fingerprint density at radius 1 is 1.50 bits per heavy atom. The molecule has 0 aromatic heterocycles. The lowest BCUT2D eigenvalue weighted by atomic mass is 9.94. The normalized spacial score (nSPS) is 21.6. The molecule has 0 amide bonds. The first-order valence-corrected chi connectivity index (χ1v) is 7.33. The first kappa shape index (κ1) is 13.4. The van der Waals surface area contributed by atoms with Crippen molar-refractivity contribution in [2.45, 2.75) is 33.1 Å². The minimum Gasteiger partial charge on any atom is -0.129 e. The van der Waals surface area contributed by atoms with Crippen molar-refractivity contribution in [3.63, 3.8) is 0 Å². The zero-order valence-corrected chi connectivity index (χ0v) is 11.4. The Morgan fingerprint density at radius 2 is 2.31 bits per heavy atom. The first-order valence-electron chi connectivity index (χ1n) is 6.11. The van der Waals surface area contributed by atoms with E-state index in [-0.39, 0.29) is 0 Å². The van der Waals surface area contributed by atoms with Gasteiger partial charge in [-0.1, -0.05) is 44.2 Å². The van der Waals surface area contributed by atoms with Crippen LogP contribution in [0.25, 0.3) is 0 Å². The lowest BCUT2D eigenvalue weighted by molar-refractivity contribution is 0.630. The fourth-order valence-electron chi connectivity index (χ4n) is 1.72. The maximum atomic E-state index is 2.37. The molecule has 0 heterocycles. The summed E-state index contributed by atoms with van der Waals surface area (Å²) in [4.78, 5) is 1.37. The van der Waals surface area contributed by atoms with Crippen LogP contribution in [0.5, 0.6) is 0 Å². The summed E-state index contributed by atoms with van der Waals surface area (Å²) >= 11 is 1.83. The van der Waals surface area contributed by atoms with Crippen LogP contribution < -0.4 is 0 Å². The van der Waals surface area contributed by atoms with Gasteiger partial charge in [0.2, 0.25) is 0 Å². The molecule has 0 aliphatic heterocycles. The van der Waals surface area contributed by atoms with Gasteiger partial charge in [-0.15, -0.1) is 11.8 Å². The zero-order valence-electron chi connectivity index (χ0n) is 10.6. The second kappa shape index (κ2) is 7.56. The number of hydrogen-bond acceptors (Lipinski definition) is 1. The highest BCUT2D eigenvalue weighted by Crippen LogP contribution is 2.28. The van der Waals surface area contributed by atoms with Crippen LogP contribution in [0.1, 0.15) is 33.1 Å². The van der Waals surface area contributed by atoms with Gasteiger partial charge in [0.15, 0.2) is 0 Å². The summed E-state index contributed by atoms with van der Waals surface area (Å²) < 4.78 is 0. The summed E-state index contributed by atoms with van der Waals surface area (Å²) in [5.74, 6) is 0.748. The van der Waals surface area contributed by atoms with Gasteiger partial charge in [-0.2, -0.15) is 0 Å². The van der Waals surface area contributed by atoms with Crippen LogP contribution >= 0.6 is 11.8 Å². The van der Waals surface area contributed by atoms with E-state index >= 15 is 0 Å². The van der Waals surface area contributed by atoms with E-state index in [2.05, 4.69) is 56.6 Å². The van der Waals surface area contributed by atoms with E-state index in [1.807, 2.05) is 11.8 Å². The standard InChI is InChI=1S/C15H22S/c1-4-6-7-8-15(16-3)14-11-9-13(5-2)10-12-14/h6-9,11-13H,4-5,10H2,1-3H3/b7-6+,15-8-. The summed E-state index contributed by atoms with van der Waals surface area (Å²) in [5, 5.41) is 0. The maximum absolute atomic E-state index is 2.37. The predicted molar refractivity (Wildman–Crippen MR) is 76.7 cm³/mol. The minimum atomic E-state index is 0.748. The van der Waals surface area contributed by atoms with Crippen LogP contribution in [0.4, 0.5) is 0 Å². The van der Waals surface area contributed by atoms with Gasteiger partial charge in [-0.25, -0.2) is 0 Å². The molecule has 0 aromatic carbocycles. The zero-order chi connectivity index (χ0) is 11.8. The van der Waals surface area contributed by atoms with Gasteiger partial charge in [0.25, 0.3) is 0 Å². The van der Waals surface area contributed by atoms with Crippen molar-refractivity contribution in [1.82, 2.24) is 0 Å². The summed E-state index contributed by atoms with van der Waals surface area (Å²) in [7, 11) is 0. The molecular weight excluding hydrogens is 212 g/mol. The highest BCUT2D eigenvalue weighted by atomic mass is 32.2. The average molecular weight is 234 g/mol. The molecule has 88 valence electrons. The Labute approximate surface area is 104 Å².